The van der Waals surface area contributed by atoms with E-state index in [4.69, 9.17) is 14.2 Å². The molecule has 0 spiro atoms. The molecule has 0 radical (unpaired) electrons. The monoisotopic (exact) mass is 310 g/mol. The van der Waals surface area contributed by atoms with Crippen LogP contribution in [0.25, 0.3) is 0 Å². The molecule has 1 saturated carbocycles. The van der Waals surface area contributed by atoms with E-state index in [2.05, 4.69) is 0 Å². The van der Waals surface area contributed by atoms with Crippen molar-refractivity contribution in [2.75, 3.05) is 14.2 Å². The van der Waals surface area contributed by atoms with Gasteiger partial charge in [-0.25, -0.2) is 8.78 Å². The Kier molecular flexibility index (Phi) is 7.24. The summed E-state index contributed by atoms with van der Waals surface area (Å²) in [6, 6.07) is 9.44. The number of alkyl halides is 2. The van der Waals surface area contributed by atoms with Gasteiger partial charge in [-0.3, -0.25) is 0 Å². The van der Waals surface area contributed by atoms with Gasteiger partial charge in [0.2, 0.25) is 0 Å². The van der Waals surface area contributed by atoms with Crippen LogP contribution in [-0.2, 0) is 20.8 Å². The van der Waals surface area contributed by atoms with E-state index in [1.165, 1.54) is 14.2 Å². The Labute approximate surface area is 146 Å². The molecule has 1 aromatic carbocycles. The van der Waals surface area contributed by atoms with Gasteiger partial charge >= 0.3 is 29.6 Å². The molecule has 114 valence electrons. The van der Waals surface area contributed by atoms with E-state index in [0.717, 1.165) is 5.56 Å². The fourth-order valence-corrected chi connectivity index (χ4v) is 2.55. The first-order chi connectivity index (χ1) is 9.51. The Morgan fingerprint density at radius 2 is 1.71 bits per heavy atom. The van der Waals surface area contributed by atoms with E-state index < -0.39 is 17.8 Å². The summed E-state index contributed by atoms with van der Waals surface area (Å²) >= 11 is 0. The second-order valence-corrected chi connectivity index (χ2v) is 5.07. The van der Waals surface area contributed by atoms with Crippen LogP contribution in [0.3, 0.4) is 0 Å². The van der Waals surface area contributed by atoms with E-state index >= 15 is 0 Å². The normalized spacial score (nSPS) is 23.3. The van der Waals surface area contributed by atoms with Gasteiger partial charge in [-0.2, -0.15) is 0 Å². The van der Waals surface area contributed by atoms with Crippen LogP contribution in [0.4, 0.5) is 8.78 Å². The summed E-state index contributed by atoms with van der Waals surface area (Å²) in [5.74, 6) is -3.82. The first-order valence-corrected chi connectivity index (χ1v) is 6.65. The van der Waals surface area contributed by atoms with Crippen LogP contribution in [0.1, 0.15) is 24.8 Å². The molecule has 1 aliphatic rings. The summed E-state index contributed by atoms with van der Waals surface area (Å²) in [6.07, 6.45) is -1.31. The van der Waals surface area contributed by atoms with Gasteiger partial charge in [-0.1, -0.05) is 30.3 Å². The van der Waals surface area contributed by atoms with Crippen LogP contribution in [-0.4, -0.2) is 61.6 Å². The molecule has 6 heteroatoms. The third-order valence-corrected chi connectivity index (χ3v) is 3.80. The summed E-state index contributed by atoms with van der Waals surface area (Å²) in [6.45, 7) is 0.260. The Morgan fingerprint density at radius 1 is 1.10 bits per heavy atom. The summed E-state index contributed by atoms with van der Waals surface area (Å²) in [4.78, 5) is 0. The average Bonchev–Trinajstić information content (AvgIpc) is 2.46. The first kappa shape index (κ1) is 19.0. The van der Waals surface area contributed by atoms with Crippen LogP contribution < -0.4 is 0 Å². The summed E-state index contributed by atoms with van der Waals surface area (Å²) in [5, 5.41) is 0. The van der Waals surface area contributed by atoms with E-state index in [9.17, 15) is 8.78 Å². The van der Waals surface area contributed by atoms with Crippen LogP contribution in [0.15, 0.2) is 30.3 Å². The van der Waals surface area contributed by atoms with Crippen LogP contribution in [0, 0.1) is 0 Å². The van der Waals surface area contributed by atoms with Gasteiger partial charge in [0.15, 0.2) is 5.79 Å². The third-order valence-electron chi connectivity index (χ3n) is 3.80. The number of rotatable bonds is 5. The molecule has 3 nitrogen and oxygen atoms in total. The van der Waals surface area contributed by atoms with Crippen molar-refractivity contribution >= 4 is 29.6 Å². The number of ether oxygens (including phenoxy) is 3. The van der Waals surface area contributed by atoms with Crippen molar-refractivity contribution in [3.8, 4) is 0 Å². The molecule has 1 aromatic rings. The number of methoxy groups -OCH3 is 2. The van der Waals surface area contributed by atoms with Crippen LogP contribution in [0.2, 0.25) is 0 Å². The van der Waals surface area contributed by atoms with Crippen LogP contribution in [0.5, 0.6) is 0 Å². The predicted molar refractivity (Wildman–Crippen MR) is 77.7 cm³/mol. The van der Waals surface area contributed by atoms with Crippen molar-refractivity contribution in [3.05, 3.63) is 35.9 Å². The fraction of sp³-hybridized carbons (Fsp3) is 0.600. The molecule has 1 atom stereocenters. The van der Waals surface area contributed by atoms with Crippen LogP contribution >= 0.6 is 0 Å². The zero-order valence-electron chi connectivity index (χ0n) is 11.8. The second kappa shape index (κ2) is 7.99. The molecule has 1 fully saturated rings. The fourth-order valence-electron chi connectivity index (χ4n) is 2.55. The van der Waals surface area contributed by atoms with E-state index in [-0.39, 0.29) is 55.4 Å². The molecule has 0 saturated heterocycles. The number of hydrogen-bond donors (Lipinski definition) is 0. The van der Waals surface area contributed by atoms with Crippen molar-refractivity contribution in [1.29, 1.82) is 0 Å². The topological polar surface area (TPSA) is 27.7 Å². The maximum atomic E-state index is 13.6. The van der Waals surface area contributed by atoms with Gasteiger partial charge < -0.3 is 14.2 Å². The van der Waals surface area contributed by atoms with Crippen molar-refractivity contribution < 1.29 is 23.0 Å². The SMILES string of the molecule is COC1(OC)CCC(F)(F)CC1OCc1ccccc1.[NaH]. The van der Waals surface area contributed by atoms with Gasteiger partial charge in [0.25, 0.3) is 5.92 Å². The molecule has 0 aliphatic heterocycles. The quantitative estimate of drug-likeness (QED) is 0.618. The van der Waals surface area contributed by atoms with Crippen molar-refractivity contribution in [3.63, 3.8) is 0 Å². The molecule has 2 rings (SSSR count). The van der Waals surface area contributed by atoms with Gasteiger partial charge in [0.05, 0.1) is 6.61 Å². The number of benzene rings is 1. The molecular weight excluding hydrogens is 289 g/mol. The summed E-state index contributed by atoms with van der Waals surface area (Å²) in [7, 11) is 2.93. The summed E-state index contributed by atoms with van der Waals surface area (Å²) < 4.78 is 43.6. The van der Waals surface area contributed by atoms with E-state index in [1.54, 1.807) is 0 Å². The molecule has 21 heavy (non-hydrogen) atoms. The molecule has 0 aromatic heterocycles. The zero-order valence-corrected chi connectivity index (χ0v) is 11.8. The minimum absolute atomic E-state index is 0. The Morgan fingerprint density at radius 3 is 2.29 bits per heavy atom. The molecule has 0 amide bonds. The number of halogens is 2. The van der Waals surface area contributed by atoms with Gasteiger partial charge in [-0.15, -0.1) is 0 Å². The first-order valence-electron chi connectivity index (χ1n) is 6.65. The maximum absolute atomic E-state index is 13.6. The van der Waals surface area contributed by atoms with Crippen molar-refractivity contribution in [1.82, 2.24) is 0 Å². The standard InChI is InChI=1S/C15H20F2O3.Na.H/c1-18-15(19-2)9-8-14(16,17)10-13(15)20-11-12-6-4-3-5-7-12;;/h3-7,13H,8-11H2,1-2H3;;. The molecule has 0 heterocycles. The minimum atomic E-state index is -2.73. The van der Waals surface area contributed by atoms with Gasteiger partial charge in [0.1, 0.15) is 6.10 Å². The molecule has 0 N–H and O–H groups in total. The van der Waals surface area contributed by atoms with E-state index in [1.807, 2.05) is 30.3 Å². The van der Waals surface area contributed by atoms with Crippen molar-refractivity contribution in [2.24, 2.45) is 0 Å². The Hall–Kier alpha value is -0.0400. The molecule has 1 aliphatic carbocycles. The van der Waals surface area contributed by atoms with Crippen molar-refractivity contribution in [2.45, 2.75) is 43.7 Å². The second-order valence-electron chi connectivity index (χ2n) is 5.07. The average molecular weight is 310 g/mol. The van der Waals surface area contributed by atoms with E-state index in [0.29, 0.717) is 0 Å². The summed E-state index contributed by atoms with van der Waals surface area (Å²) in [5.41, 5.74) is 0.933. The molecule has 1 unspecified atom stereocenters. The Balaban J connectivity index is 0.00000220. The van der Waals surface area contributed by atoms with Gasteiger partial charge in [0, 0.05) is 33.5 Å². The number of hydrogen-bond acceptors (Lipinski definition) is 3. The zero-order chi connectivity index (χ0) is 14.6. The predicted octanol–water partition coefficient (Wildman–Crippen LogP) is 2.73. The Bertz CT molecular complexity index is 424. The molecule has 0 bridgehead atoms. The molecular formula is C15H21F2NaO3. The third kappa shape index (κ3) is 4.71. The van der Waals surface area contributed by atoms with Gasteiger partial charge in [-0.05, 0) is 5.56 Å².